The number of carbonyl (C=O) groups excluding carboxylic acids is 3. The van der Waals surface area contributed by atoms with E-state index in [1.807, 2.05) is 36.6 Å². The first kappa shape index (κ1) is 22.1. The molecule has 8 heteroatoms. The van der Waals surface area contributed by atoms with Gasteiger partial charge in [-0.3, -0.25) is 9.59 Å². The summed E-state index contributed by atoms with van der Waals surface area (Å²) in [4.78, 5) is 45.1. The third-order valence-electron chi connectivity index (χ3n) is 4.18. The van der Waals surface area contributed by atoms with Crippen molar-refractivity contribution in [2.24, 2.45) is 0 Å². The van der Waals surface area contributed by atoms with Crippen LogP contribution in [0.4, 0.5) is 4.79 Å². The largest absolute Gasteiger partial charge is 0.444 e. The lowest BCUT2D eigenvalue weighted by Crippen LogP contribution is -2.53. The number of likely N-dealkylation sites (N-methyl/N-ethyl adjacent to an activating group) is 1. The molecule has 0 spiro atoms. The van der Waals surface area contributed by atoms with Gasteiger partial charge in [0.05, 0.1) is 12.0 Å². The van der Waals surface area contributed by atoms with E-state index >= 15 is 0 Å². The molecule has 1 radical (unpaired) electrons. The van der Waals surface area contributed by atoms with Gasteiger partial charge in [0.25, 0.3) is 0 Å². The molecule has 0 saturated carbocycles. The molecule has 0 aliphatic heterocycles. The van der Waals surface area contributed by atoms with E-state index in [9.17, 15) is 14.4 Å². The first-order valence-corrected chi connectivity index (χ1v) is 9.35. The number of aromatic nitrogens is 2. The Labute approximate surface area is 170 Å². The summed E-state index contributed by atoms with van der Waals surface area (Å²) in [6.07, 6.45) is 4.83. The molecular formula is C21H27N4O4. The monoisotopic (exact) mass is 399 g/mol. The lowest BCUT2D eigenvalue weighted by molar-refractivity contribution is -0.133. The molecule has 0 aliphatic carbocycles. The minimum absolute atomic E-state index is 0.222. The highest BCUT2D eigenvalue weighted by Gasteiger charge is 2.30. The molecule has 155 valence electrons. The minimum Gasteiger partial charge on any atom is -0.444 e. The van der Waals surface area contributed by atoms with Crippen molar-refractivity contribution in [1.29, 1.82) is 0 Å². The number of nitrogens with one attached hydrogen (secondary N) is 2. The minimum atomic E-state index is -0.896. The van der Waals surface area contributed by atoms with Crippen LogP contribution in [0, 0.1) is 0 Å². The number of aromatic amines is 1. The fraction of sp³-hybridized carbons (Fsp3) is 0.429. The van der Waals surface area contributed by atoms with Crippen LogP contribution in [-0.4, -0.2) is 57.9 Å². The second-order valence-corrected chi connectivity index (χ2v) is 7.74. The van der Waals surface area contributed by atoms with Crippen molar-refractivity contribution < 1.29 is 19.1 Å². The van der Waals surface area contributed by atoms with Gasteiger partial charge in [0.1, 0.15) is 17.7 Å². The Balaban J connectivity index is 2.17. The van der Waals surface area contributed by atoms with Crippen LogP contribution in [0.25, 0.3) is 0 Å². The maximum absolute atomic E-state index is 13.1. The van der Waals surface area contributed by atoms with Crippen LogP contribution >= 0.6 is 0 Å². The average molecular weight is 399 g/mol. The third-order valence-corrected chi connectivity index (χ3v) is 4.18. The zero-order chi connectivity index (χ0) is 21.4. The van der Waals surface area contributed by atoms with E-state index in [2.05, 4.69) is 15.3 Å². The fourth-order valence-corrected chi connectivity index (χ4v) is 2.76. The lowest BCUT2D eigenvalue weighted by atomic mass is 10.0. The van der Waals surface area contributed by atoms with Gasteiger partial charge in [-0.05, 0) is 26.3 Å². The molecule has 8 nitrogen and oxygen atoms in total. The standard InChI is InChI=1S/C21H27N4O4/c1-21(2,3)29-20(28)24-18(10-15-8-6-5-7-9-15)19(27)25(4)17(13-26)11-16-12-22-14-23-16/h5-9,12,14,17-18H,10-11H2,1-4H3,(H,22,23)(H,24,28)/t17-,18-/m0/s1. The number of nitrogens with zero attached hydrogens (tertiary/aromatic N) is 2. The molecule has 2 amide bonds. The number of benzene rings is 1. The number of H-pyrrole nitrogens is 1. The van der Waals surface area contributed by atoms with Gasteiger partial charge in [-0.25, -0.2) is 9.78 Å². The Morgan fingerprint density at radius 3 is 2.48 bits per heavy atom. The van der Waals surface area contributed by atoms with E-state index < -0.39 is 29.7 Å². The van der Waals surface area contributed by atoms with Crippen molar-refractivity contribution in [3.63, 3.8) is 0 Å². The fourth-order valence-electron chi connectivity index (χ4n) is 2.76. The van der Waals surface area contributed by atoms with E-state index in [0.717, 1.165) is 5.56 Å². The van der Waals surface area contributed by atoms with Gasteiger partial charge in [-0.2, -0.15) is 0 Å². The van der Waals surface area contributed by atoms with Crippen molar-refractivity contribution in [2.45, 2.75) is 51.3 Å². The molecule has 0 unspecified atom stereocenters. The molecule has 0 aliphatic rings. The first-order chi connectivity index (χ1) is 13.7. The van der Waals surface area contributed by atoms with Crippen LogP contribution < -0.4 is 5.32 Å². The summed E-state index contributed by atoms with van der Waals surface area (Å²) in [5.41, 5.74) is 0.807. The molecule has 0 bridgehead atoms. The summed E-state index contributed by atoms with van der Waals surface area (Å²) in [7, 11) is 1.51. The molecule has 29 heavy (non-hydrogen) atoms. The highest BCUT2D eigenvalue weighted by atomic mass is 16.6. The van der Waals surface area contributed by atoms with Crippen LogP contribution in [-0.2, 0) is 27.2 Å². The molecule has 2 N–H and O–H groups in total. The Morgan fingerprint density at radius 2 is 1.93 bits per heavy atom. The number of amides is 2. The number of hydrogen-bond donors (Lipinski definition) is 2. The zero-order valence-corrected chi connectivity index (χ0v) is 17.1. The normalized spacial score (nSPS) is 13.2. The zero-order valence-electron chi connectivity index (χ0n) is 17.1. The number of alkyl carbamates (subject to hydrolysis) is 1. The number of hydrogen-bond acceptors (Lipinski definition) is 5. The topological polar surface area (TPSA) is 104 Å². The molecule has 2 rings (SSSR count). The molecule has 1 heterocycles. The SMILES string of the molecule is CN(C(=O)[C@H](Cc1ccccc1)NC(=O)OC(C)(C)C)[C@H]([C]=O)Cc1c[nH]cn1. The van der Waals surface area contributed by atoms with Crippen LogP contribution in [0.3, 0.4) is 0 Å². The summed E-state index contributed by atoms with van der Waals surface area (Å²) in [6, 6.07) is 7.58. The van der Waals surface area contributed by atoms with E-state index in [1.54, 1.807) is 27.0 Å². The van der Waals surface area contributed by atoms with E-state index in [-0.39, 0.29) is 12.8 Å². The van der Waals surface area contributed by atoms with E-state index in [0.29, 0.717) is 5.69 Å². The van der Waals surface area contributed by atoms with Crippen LogP contribution in [0.15, 0.2) is 42.9 Å². The predicted octanol–water partition coefficient (Wildman–Crippen LogP) is 2.02. The van der Waals surface area contributed by atoms with Gasteiger partial charge < -0.3 is 19.9 Å². The van der Waals surface area contributed by atoms with Crippen LogP contribution in [0.5, 0.6) is 0 Å². The molecule has 2 atom stereocenters. The first-order valence-electron chi connectivity index (χ1n) is 9.35. The quantitative estimate of drug-likeness (QED) is 0.707. The van der Waals surface area contributed by atoms with Gasteiger partial charge in [0.15, 0.2) is 0 Å². The maximum atomic E-state index is 13.1. The van der Waals surface area contributed by atoms with Gasteiger partial charge in [0.2, 0.25) is 12.2 Å². The Hall–Kier alpha value is -3.16. The van der Waals surface area contributed by atoms with Crippen molar-refractivity contribution in [3.05, 3.63) is 54.1 Å². The molecule has 2 aromatic rings. The predicted molar refractivity (Wildman–Crippen MR) is 108 cm³/mol. The maximum Gasteiger partial charge on any atom is 0.408 e. The number of imidazole rings is 1. The molecule has 0 fully saturated rings. The summed E-state index contributed by atoms with van der Waals surface area (Å²) < 4.78 is 5.30. The van der Waals surface area contributed by atoms with Gasteiger partial charge in [0, 0.05) is 26.1 Å². The van der Waals surface area contributed by atoms with Crippen molar-refractivity contribution in [1.82, 2.24) is 20.2 Å². The smallest absolute Gasteiger partial charge is 0.408 e. The Bertz CT molecular complexity index is 800. The van der Waals surface area contributed by atoms with E-state index in [4.69, 9.17) is 4.74 Å². The van der Waals surface area contributed by atoms with Gasteiger partial charge in [-0.15, -0.1) is 0 Å². The highest BCUT2D eigenvalue weighted by molar-refractivity contribution is 5.88. The lowest BCUT2D eigenvalue weighted by Gasteiger charge is -2.29. The van der Waals surface area contributed by atoms with Gasteiger partial charge >= 0.3 is 6.09 Å². The number of ether oxygens (including phenoxy) is 1. The van der Waals surface area contributed by atoms with Crippen LogP contribution in [0.2, 0.25) is 0 Å². The van der Waals surface area contributed by atoms with Crippen LogP contribution in [0.1, 0.15) is 32.0 Å². The summed E-state index contributed by atoms with van der Waals surface area (Å²) in [5.74, 6) is -0.413. The van der Waals surface area contributed by atoms with E-state index in [1.165, 1.54) is 18.3 Å². The highest BCUT2D eigenvalue weighted by Crippen LogP contribution is 2.12. The third kappa shape index (κ3) is 7.06. The summed E-state index contributed by atoms with van der Waals surface area (Å²) in [6.45, 7) is 5.23. The van der Waals surface area contributed by atoms with Crippen molar-refractivity contribution >= 4 is 18.3 Å². The van der Waals surface area contributed by atoms with Gasteiger partial charge in [-0.1, -0.05) is 30.3 Å². The average Bonchev–Trinajstić information content (AvgIpc) is 3.17. The Kier molecular flexibility index (Phi) is 7.52. The second-order valence-electron chi connectivity index (χ2n) is 7.74. The number of carbonyl (C=O) groups is 2. The summed E-state index contributed by atoms with van der Waals surface area (Å²) in [5, 5.41) is 2.64. The Morgan fingerprint density at radius 1 is 1.24 bits per heavy atom. The second kappa shape index (κ2) is 9.86. The van der Waals surface area contributed by atoms with Crippen molar-refractivity contribution in [2.75, 3.05) is 7.05 Å². The molecular weight excluding hydrogens is 372 g/mol. The number of rotatable bonds is 8. The van der Waals surface area contributed by atoms with Crippen molar-refractivity contribution in [3.8, 4) is 0 Å². The molecule has 1 aromatic carbocycles. The molecule has 0 saturated heterocycles. The molecule has 1 aromatic heterocycles. The summed E-state index contributed by atoms with van der Waals surface area (Å²) >= 11 is 0.